The van der Waals surface area contributed by atoms with Crippen molar-refractivity contribution in [2.75, 3.05) is 0 Å². The van der Waals surface area contributed by atoms with Crippen LogP contribution < -0.4 is 10.6 Å². The molecule has 1 fully saturated rings. The molecule has 0 aliphatic heterocycles. The van der Waals surface area contributed by atoms with E-state index in [2.05, 4.69) is 59.3 Å². The van der Waals surface area contributed by atoms with Gasteiger partial charge in [-0.2, -0.15) is 0 Å². The van der Waals surface area contributed by atoms with Gasteiger partial charge in [-0.3, -0.25) is 4.79 Å². The van der Waals surface area contributed by atoms with Crippen molar-refractivity contribution in [3.8, 4) is 0 Å². The Hall–Kier alpha value is -1.65. The number of quaternary nitrogens is 1. The highest BCUT2D eigenvalue weighted by molar-refractivity contribution is 7.10. The number of hydrogen-bond acceptors (Lipinski definition) is 2. The van der Waals surface area contributed by atoms with E-state index in [1.807, 2.05) is 6.92 Å². The van der Waals surface area contributed by atoms with Crippen LogP contribution in [0.15, 0.2) is 41.8 Å². The SMILES string of the molecule is CCCCc1ccc([C@@H]([NH2+][C@H](C)C(=O)NC2CC2)c2cccs2)cc1. The average Bonchev–Trinajstić information content (AvgIpc) is 3.27. The number of nitrogens with one attached hydrogen (secondary N) is 1. The van der Waals surface area contributed by atoms with Gasteiger partial charge in [-0.1, -0.05) is 43.7 Å². The molecule has 3 N–H and O–H groups in total. The first-order valence-corrected chi connectivity index (χ1v) is 10.3. The van der Waals surface area contributed by atoms with Gasteiger partial charge in [-0.25, -0.2) is 0 Å². The van der Waals surface area contributed by atoms with E-state index >= 15 is 0 Å². The predicted octanol–water partition coefficient (Wildman–Crippen LogP) is 3.41. The smallest absolute Gasteiger partial charge is 0.278 e. The van der Waals surface area contributed by atoms with Crippen LogP contribution in [0.3, 0.4) is 0 Å². The van der Waals surface area contributed by atoms with Crippen molar-refractivity contribution in [2.45, 2.75) is 64.1 Å². The molecule has 2 atom stereocenters. The number of carbonyl (C=O) groups excluding carboxylic acids is 1. The quantitative estimate of drug-likeness (QED) is 0.710. The van der Waals surface area contributed by atoms with E-state index in [4.69, 9.17) is 0 Å². The molecule has 1 heterocycles. The van der Waals surface area contributed by atoms with Crippen molar-refractivity contribution in [1.82, 2.24) is 5.32 Å². The van der Waals surface area contributed by atoms with Gasteiger partial charge in [0, 0.05) is 11.6 Å². The third-order valence-electron chi connectivity index (χ3n) is 4.83. The summed E-state index contributed by atoms with van der Waals surface area (Å²) in [5, 5.41) is 7.43. The molecule has 3 nitrogen and oxygen atoms in total. The summed E-state index contributed by atoms with van der Waals surface area (Å²) in [7, 11) is 0. The van der Waals surface area contributed by atoms with E-state index in [-0.39, 0.29) is 18.0 Å². The first-order chi connectivity index (χ1) is 12.2. The molecule has 134 valence electrons. The average molecular weight is 358 g/mol. The maximum atomic E-state index is 12.4. The fourth-order valence-corrected chi connectivity index (χ4v) is 3.88. The molecule has 3 rings (SSSR count). The standard InChI is InChI=1S/C21H28N2OS/c1-3-4-6-16-8-10-17(11-9-16)20(19-7-5-14-25-19)22-15(2)21(24)23-18-12-13-18/h5,7-11,14-15,18,20,22H,3-4,6,12-13H2,1-2H3,(H,23,24)/p+1/t15-,20-/m1/s1. The van der Waals surface area contributed by atoms with Gasteiger partial charge in [0.2, 0.25) is 0 Å². The van der Waals surface area contributed by atoms with Crippen LogP contribution in [0.25, 0.3) is 0 Å². The number of benzene rings is 1. The van der Waals surface area contributed by atoms with E-state index in [1.165, 1.54) is 28.8 Å². The fraction of sp³-hybridized carbons (Fsp3) is 0.476. The molecule has 1 aromatic heterocycles. The van der Waals surface area contributed by atoms with Crippen LogP contribution in [0.1, 0.15) is 61.6 Å². The zero-order valence-corrected chi connectivity index (χ0v) is 16.0. The van der Waals surface area contributed by atoms with E-state index in [9.17, 15) is 4.79 Å². The predicted molar refractivity (Wildman–Crippen MR) is 104 cm³/mol. The largest absolute Gasteiger partial charge is 0.348 e. The number of rotatable bonds is 9. The zero-order chi connectivity index (χ0) is 17.6. The normalized spacial score (nSPS) is 16.4. The highest BCUT2D eigenvalue weighted by atomic mass is 32.1. The number of nitrogens with two attached hydrogens (primary N) is 1. The van der Waals surface area contributed by atoms with Crippen molar-refractivity contribution in [1.29, 1.82) is 0 Å². The van der Waals surface area contributed by atoms with E-state index in [0.29, 0.717) is 6.04 Å². The van der Waals surface area contributed by atoms with Crippen molar-refractivity contribution in [3.05, 3.63) is 57.8 Å². The highest BCUT2D eigenvalue weighted by Crippen LogP contribution is 2.24. The van der Waals surface area contributed by atoms with Crippen molar-refractivity contribution < 1.29 is 10.1 Å². The first-order valence-electron chi connectivity index (χ1n) is 9.45. The van der Waals surface area contributed by atoms with Gasteiger partial charge in [0.25, 0.3) is 5.91 Å². The Bertz CT molecular complexity index is 662. The number of amides is 1. The van der Waals surface area contributed by atoms with E-state index in [0.717, 1.165) is 19.3 Å². The molecule has 1 aliphatic rings. The minimum atomic E-state index is -0.0903. The second-order valence-electron chi connectivity index (χ2n) is 7.10. The molecule has 1 saturated carbocycles. The Morgan fingerprint density at radius 2 is 2.04 bits per heavy atom. The third kappa shape index (κ3) is 5.16. The molecule has 0 spiro atoms. The van der Waals surface area contributed by atoms with Crippen molar-refractivity contribution in [2.24, 2.45) is 0 Å². The lowest BCUT2D eigenvalue weighted by molar-refractivity contribution is -0.704. The number of unbranched alkanes of at least 4 members (excludes halogenated alkanes) is 1. The topological polar surface area (TPSA) is 45.7 Å². The maximum absolute atomic E-state index is 12.4. The summed E-state index contributed by atoms with van der Waals surface area (Å²) in [5.74, 6) is 0.156. The van der Waals surface area contributed by atoms with Gasteiger partial charge < -0.3 is 10.6 Å². The van der Waals surface area contributed by atoms with Crippen LogP contribution in [-0.4, -0.2) is 18.0 Å². The summed E-state index contributed by atoms with van der Waals surface area (Å²) in [4.78, 5) is 13.7. The summed E-state index contributed by atoms with van der Waals surface area (Å²) in [6.07, 6.45) is 5.86. The van der Waals surface area contributed by atoms with Crippen LogP contribution in [0.2, 0.25) is 0 Å². The Labute approximate surface area is 154 Å². The lowest BCUT2D eigenvalue weighted by Crippen LogP contribution is -2.92. The van der Waals surface area contributed by atoms with Crippen LogP contribution in [0.4, 0.5) is 0 Å². The van der Waals surface area contributed by atoms with Gasteiger partial charge in [0.05, 0.1) is 4.88 Å². The fourth-order valence-electron chi connectivity index (χ4n) is 3.05. The second-order valence-corrected chi connectivity index (χ2v) is 8.08. The van der Waals surface area contributed by atoms with E-state index < -0.39 is 0 Å². The Morgan fingerprint density at radius 3 is 2.64 bits per heavy atom. The Morgan fingerprint density at radius 1 is 1.28 bits per heavy atom. The summed E-state index contributed by atoms with van der Waals surface area (Å²) < 4.78 is 0. The van der Waals surface area contributed by atoms with Gasteiger partial charge >= 0.3 is 0 Å². The first kappa shape index (κ1) is 18.2. The number of thiophene rings is 1. The molecule has 0 radical (unpaired) electrons. The summed E-state index contributed by atoms with van der Waals surface area (Å²) in [5.41, 5.74) is 2.67. The highest BCUT2D eigenvalue weighted by Gasteiger charge is 2.30. The molecule has 4 heteroatoms. The number of hydrogen-bond donors (Lipinski definition) is 2. The van der Waals surface area contributed by atoms with Crippen LogP contribution in [0.5, 0.6) is 0 Å². The molecular formula is C21H29N2OS+. The molecule has 0 bridgehead atoms. The summed E-state index contributed by atoms with van der Waals surface area (Å²) in [6.45, 7) is 4.23. The number of carbonyl (C=O) groups is 1. The molecular weight excluding hydrogens is 328 g/mol. The Kier molecular flexibility index (Phi) is 6.27. The lowest BCUT2D eigenvalue weighted by atomic mass is 10.0. The zero-order valence-electron chi connectivity index (χ0n) is 15.2. The van der Waals surface area contributed by atoms with Gasteiger partial charge in [0.15, 0.2) is 6.04 Å². The second kappa shape index (κ2) is 8.63. The molecule has 1 aromatic carbocycles. The minimum absolute atomic E-state index is 0.0903. The molecule has 1 amide bonds. The van der Waals surface area contributed by atoms with E-state index in [1.54, 1.807) is 11.3 Å². The monoisotopic (exact) mass is 357 g/mol. The van der Waals surface area contributed by atoms with Crippen LogP contribution >= 0.6 is 11.3 Å². The molecule has 1 aliphatic carbocycles. The summed E-state index contributed by atoms with van der Waals surface area (Å²) in [6, 6.07) is 13.7. The van der Waals surface area contributed by atoms with Crippen LogP contribution in [-0.2, 0) is 11.2 Å². The van der Waals surface area contributed by atoms with Crippen molar-refractivity contribution >= 4 is 17.2 Å². The number of aryl methyl sites for hydroxylation is 1. The maximum Gasteiger partial charge on any atom is 0.278 e. The molecule has 0 saturated heterocycles. The molecule has 2 aromatic rings. The van der Waals surface area contributed by atoms with Gasteiger partial charge in [0.1, 0.15) is 6.04 Å². The Balaban J connectivity index is 1.72. The molecule has 0 unspecified atom stereocenters. The van der Waals surface area contributed by atoms with Gasteiger partial charge in [-0.05, 0) is 49.6 Å². The van der Waals surface area contributed by atoms with Gasteiger partial charge in [-0.15, -0.1) is 11.3 Å². The lowest BCUT2D eigenvalue weighted by Gasteiger charge is -2.19. The minimum Gasteiger partial charge on any atom is -0.348 e. The third-order valence-corrected chi connectivity index (χ3v) is 5.78. The van der Waals surface area contributed by atoms with Crippen LogP contribution in [0, 0.1) is 0 Å². The van der Waals surface area contributed by atoms with Crippen molar-refractivity contribution in [3.63, 3.8) is 0 Å². The molecule has 25 heavy (non-hydrogen) atoms. The summed E-state index contributed by atoms with van der Waals surface area (Å²) >= 11 is 1.76.